The summed E-state index contributed by atoms with van der Waals surface area (Å²) >= 11 is 3.43. The lowest BCUT2D eigenvalue weighted by molar-refractivity contribution is 0.246. The van der Waals surface area contributed by atoms with Crippen LogP contribution >= 0.6 is 15.9 Å². The van der Waals surface area contributed by atoms with Gasteiger partial charge in [0, 0.05) is 32.7 Å². The molecule has 0 amide bonds. The van der Waals surface area contributed by atoms with E-state index < -0.39 is 0 Å². The number of hydrogen-bond donors (Lipinski definition) is 1. The summed E-state index contributed by atoms with van der Waals surface area (Å²) in [5, 5.41) is 11.0. The third-order valence-corrected chi connectivity index (χ3v) is 6.91. The van der Waals surface area contributed by atoms with Crippen LogP contribution in [-0.4, -0.2) is 36.2 Å². The summed E-state index contributed by atoms with van der Waals surface area (Å²) in [5.74, 6) is 0.782. The Hall–Kier alpha value is -3.36. The summed E-state index contributed by atoms with van der Waals surface area (Å²) in [6.45, 7) is 4.74. The highest BCUT2D eigenvalue weighted by Gasteiger charge is 2.23. The van der Waals surface area contributed by atoms with Gasteiger partial charge in [-0.05, 0) is 59.3 Å². The van der Waals surface area contributed by atoms with E-state index in [0.29, 0.717) is 66.5 Å². The zero-order valence-corrected chi connectivity index (χ0v) is 20.7. The summed E-state index contributed by atoms with van der Waals surface area (Å²) in [6, 6.07) is 17.1. The number of aryl methyl sites for hydroxylation is 1. The number of benzene rings is 3. The number of ether oxygens (including phenoxy) is 1. The van der Waals surface area contributed by atoms with Crippen molar-refractivity contribution < 1.29 is 18.7 Å². The number of piperazine rings is 1. The van der Waals surface area contributed by atoms with Crippen molar-refractivity contribution in [3.05, 3.63) is 92.5 Å². The van der Waals surface area contributed by atoms with E-state index in [1.807, 2.05) is 29.2 Å². The van der Waals surface area contributed by atoms with Gasteiger partial charge in [0.2, 0.25) is 11.2 Å². The summed E-state index contributed by atoms with van der Waals surface area (Å²) in [4.78, 5) is 17.5. The SMILES string of the molecule is Cc1oc2c(CN3CCN(c4ccccc4F)CC3)c(O)ccc2c(=O)c1Oc1ccccc1Br. The van der Waals surface area contributed by atoms with Crippen LogP contribution in [0.25, 0.3) is 11.0 Å². The van der Waals surface area contributed by atoms with Crippen LogP contribution in [0, 0.1) is 12.7 Å². The molecule has 6 nitrogen and oxygen atoms in total. The fourth-order valence-electron chi connectivity index (χ4n) is 4.38. The second-order valence-corrected chi connectivity index (χ2v) is 9.36. The van der Waals surface area contributed by atoms with Crippen molar-refractivity contribution in [3.63, 3.8) is 0 Å². The zero-order chi connectivity index (χ0) is 24.5. The van der Waals surface area contributed by atoms with Crippen LogP contribution in [0.4, 0.5) is 10.1 Å². The molecule has 4 aromatic rings. The first-order chi connectivity index (χ1) is 16.9. The lowest BCUT2D eigenvalue weighted by Crippen LogP contribution is -2.46. The first-order valence-electron chi connectivity index (χ1n) is 11.3. The first-order valence-corrected chi connectivity index (χ1v) is 12.1. The maximum absolute atomic E-state index is 14.2. The smallest absolute Gasteiger partial charge is 0.235 e. The van der Waals surface area contributed by atoms with Gasteiger partial charge in [-0.15, -0.1) is 0 Å². The number of aromatic hydroxyl groups is 1. The number of hydrogen-bond acceptors (Lipinski definition) is 6. The van der Waals surface area contributed by atoms with E-state index in [0.717, 1.165) is 4.47 Å². The van der Waals surface area contributed by atoms with Crippen LogP contribution < -0.4 is 15.1 Å². The summed E-state index contributed by atoms with van der Waals surface area (Å²) in [5.41, 5.74) is 1.20. The van der Waals surface area contributed by atoms with Gasteiger partial charge in [0.25, 0.3) is 0 Å². The summed E-state index contributed by atoms with van der Waals surface area (Å²) in [6.07, 6.45) is 0. The molecule has 1 fully saturated rings. The minimum absolute atomic E-state index is 0.0658. The Balaban J connectivity index is 1.41. The van der Waals surface area contributed by atoms with Crippen molar-refractivity contribution in [2.45, 2.75) is 13.5 Å². The normalized spacial score (nSPS) is 14.4. The molecular formula is C27H24BrFN2O4. The average molecular weight is 539 g/mol. The topological polar surface area (TPSA) is 66.2 Å². The monoisotopic (exact) mass is 538 g/mol. The Morgan fingerprint density at radius 3 is 2.49 bits per heavy atom. The molecule has 0 atom stereocenters. The van der Waals surface area contributed by atoms with Gasteiger partial charge in [0.15, 0.2) is 0 Å². The van der Waals surface area contributed by atoms with Crippen LogP contribution in [0.2, 0.25) is 0 Å². The predicted octanol–water partition coefficient (Wildman–Crippen LogP) is 5.82. The lowest BCUT2D eigenvalue weighted by atomic mass is 10.1. The zero-order valence-electron chi connectivity index (χ0n) is 19.1. The van der Waals surface area contributed by atoms with Crippen molar-refractivity contribution in [1.29, 1.82) is 0 Å². The number of phenolic OH excluding ortho intramolecular Hbond substituents is 1. The fourth-order valence-corrected chi connectivity index (χ4v) is 4.75. The maximum Gasteiger partial charge on any atom is 0.235 e. The van der Waals surface area contributed by atoms with Crippen molar-refractivity contribution >= 4 is 32.6 Å². The quantitative estimate of drug-likeness (QED) is 0.345. The highest BCUT2D eigenvalue weighted by Crippen LogP contribution is 2.34. The number of phenols is 1. The molecule has 1 aliphatic heterocycles. The van der Waals surface area contributed by atoms with Gasteiger partial charge >= 0.3 is 0 Å². The van der Waals surface area contributed by atoms with E-state index in [2.05, 4.69) is 20.8 Å². The minimum Gasteiger partial charge on any atom is -0.507 e. The van der Waals surface area contributed by atoms with Crippen molar-refractivity contribution in [2.75, 3.05) is 31.1 Å². The van der Waals surface area contributed by atoms with Crippen molar-refractivity contribution in [1.82, 2.24) is 4.90 Å². The summed E-state index contributed by atoms with van der Waals surface area (Å²) < 4.78 is 26.9. The van der Waals surface area contributed by atoms with Crippen LogP contribution in [0.15, 0.2) is 74.3 Å². The van der Waals surface area contributed by atoms with E-state index in [9.17, 15) is 14.3 Å². The molecule has 1 N–H and O–H groups in total. The summed E-state index contributed by atoms with van der Waals surface area (Å²) in [7, 11) is 0. The standard InChI is InChI=1S/C27H24BrFN2O4/c1-17-26(35-24-9-5-2-6-20(24)28)25(33)18-10-11-23(32)19(27(18)34-17)16-30-12-14-31(15-13-30)22-8-4-3-7-21(22)29/h2-11,32H,12-16H2,1H3. The number of halogens is 2. The van der Waals surface area contributed by atoms with Gasteiger partial charge in [-0.1, -0.05) is 24.3 Å². The molecule has 5 rings (SSSR count). The molecule has 1 aromatic heterocycles. The Kier molecular flexibility index (Phi) is 6.49. The Bertz CT molecular complexity index is 1450. The molecular weight excluding hydrogens is 515 g/mol. The van der Waals surface area contributed by atoms with Crippen molar-refractivity contribution in [3.8, 4) is 17.2 Å². The number of para-hydroxylation sites is 2. The number of rotatable bonds is 5. The second-order valence-electron chi connectivity index (χ2n) is 8.50. The third-order valence-electron chi connectivity index (χ3n) is 6.26. The number of anilines is 1. The Morgan fingerprint density at radius 2 is 1.74 bits per heavy atom. The molecule has 2 heterocycles. The molecule has 0 bridgehead atoms. The lowest BCUT2D eigenvalue weighted by Gasteiger charge is -2.36. The third kappa shape index (κ3) is 4.63. The number of fused-ring (bicyclic) bond motifs is 1. The van der Waals surface area contributed by atoms with Gasteiger partial charge in [0.1, 0.15) is 28.7 Å². The number of nitrogens with zero attached hydrogens (tertiary/aromatic N) is 2. The molecule has 8 heteroatoms. The van der Waals surface area contributed by atoms with E-state index in [-0.39, 0.29) is 22.7 Å². The molecule has 0 spiro atoms. The molecule has 0 aliphatic carbocycles. The van der Waals surface area contributed by atoms with E-state index >= 15 is 0 Å². The van der Waals surface area contributed by atoms with Crippen molar-refractivity contribution in [2.24, 2.45) is 0 Å². The van der Waals surface area contributed by atoms with Crippen LogP contribution in [0.5, 0.6) is 17.2 Å². The van der Waals surface area contributed by atoms with E-state index in [4.69, 9.17) is 9.15 Å². The van der Waals surface area contributed by atoms with Gasteiger partial charge in [-0.2, -0.15) is 0 Å². The minimum atomic E-state index is -0.301. The molecule has 1 aliphatic rings. The van der Waals surface area contributed by atoms with Gasteiger partial charge in [-0.25, -0.2) is 4.39 Å². The first kappa shape index (κ1) is 23.4. The van der Waals surface area contributed by atoms with Gasteiger partial charge in [0.05, 0.1) is 21.1 Å². The molecule has 35 heavy (non-hydrogen) atoms. The van der Waals surface area contributed by atoms with E-state index in [1.54, 1.807) is 31.2 Å². The highest BCUT2D eigenvalue weighted by atomic mass is 79.9. The predicted molar refractivity (Wildman–Crippen MR) is 137 cm³/mol. The van der Waals surface area contributed by atoms with E-state index in [1.165, 1.54) is 12.1 Å². The van der Waals surface area contributed by atoms with Gasteiger partial charge in [-0.3, -0.25) is 9.69 Å². The van der Waals surface area contributed by atoms with Crippen LogP contribution in [0.1, 0.15) is 11.3 Å². The van der Waals surface area contributed by atoms with Crippen LogP contribution in [0.3, 0.4) is 0 Å². The molecule has 0 radical (unpaired) electrons. The second kappa shape index (κ2) is 9.71. The molecule has 1 saturated heterocycles. The van der Waals surface area contributed by atoms with Crippen LogP contribution in [-0.2, 0) is 6.54 Å². The molecule has 180 valence electrons. The Labute approximate surface area is 210 Å². The highest BCUT2D eigenvalue weighted by molar-refractivity contribution is 9.10. The largest absolute Gasteiger partial charge is 0.507 e. The molecule has 3 aromatic carbocycles. The fraction of sp³-hybridized carbons (Fsp3) is 0.222. The molecule has 0 saturated carbocycles. The Morgan fingerprint density at radius 1 is 1.03 bits per heavy atom. The maximum atomic E-state index is 14.2. The van der Waals surface area contributed by atoms with Gasteiger partial charge < -0.3 is 19.2 Å². The molecule has 0 unspecified atom stereocenters. The average Bonchev–Trinajstić information content (AvgIpc) is 2.85.